The molecule has 0 spiro atoms. The van der Waals surface area contributed by atoms with Crippen molar-refractivity contribution >= 4 is 11.6 Å². The minimum absolute atomic E-state index is 0.0366. The molecule has 1 nitrogen and oxygen atoms in total. The van der Waals surface area contributed by atoms with Crippen LogP contribution in [0.25, 0.3) is 0 Å². The summed E-state index contributed by atoms with van der Waals surface area (Å²) in [5, 5.41) is 9.25. The molecule has 1 N–H and O–H groups in total. The molecule has 1 rings (SSSR count). The molecular weight excluding hydrogens is 286 g/mol. The molecule has 0 fully saturated rings. The standard InChI is InChI=1S/C10H7ClF6O/c11-4-8(18)6-2-1-5(9(12,13)14)3-7(6)10(15,16)17/h1-3,8,18H,4H2/t8-/m1/s1. The number of aliphatic hydroxyl groups is 1. The number of hydrogen-bond acceptors (Lipinski definition) is 1. The van der Waals surface area contributed by atoms with E-state index in [0.29, 0.717) is 12.1 Å². The Bertz CT molecular complexity index is 425. The fourth-order valence-corrected chi connectivity index (χ4v) is 1.52. The monoisotopic (exact) mass is 292 g/mol. The Hall–Kier alpha value is -0.950. The van der Waals surface area contributed by atoms with Crippen molar-refractivity contribution < 1.29 is 31.4 Å². The maximum absolute atomic E-state index is 12.6. The minimum atomic E-state index is -5.00. The van der Waals surface area contributed by atoms with Crippen molar-refractivity contribution in [3.8, 4) is 0 Å². The van der Waals surface area contributed by atoms with Crippen LogP contribution >= 0.6 is 11.6 Å². The molecule has 0 radical (unpaired) electrons. The second kappa shape index (κ2) is 4.97. The molecule has 18 heavy (non-hydrogen) atoms. The van der Waals surface area contributed by atoms with E-state index in [-0.39, 0.29) is 6.07 Å². The minimum Gasteiger partial charge on any atom is -0.387 e. The molecule has 0 aromatic heterocycles. The fraction of sp³-hybridized carbons (Fsp3) is 0.400. The van der Waals surface area contributed by atoms with Crippen LogP contribution in [0.15, 0.2) is 18.2 Å². The summed E-state index contributed by atoms with van der Waals surface area (Å²) in [7, 11) is 0. The van der Waals surface area contributed by atoms with Crippen LogP contribution in [0.3, 0.4) is 0 Å². The zero-order valence-electron chi connectivity index (χ0n) is 8.61. The van der Waals surface area contributed by atoms with Crippen molar-refractivity contribution in [3.63, 3.8) is 0 Å². The van der Waals surface area contributed by atoms with Gasteiger partial charge >= 0.3 is 12.4 Å². The molecule has 1 aromatic rings. The zero-order chi connectivity index (χ0) is 14.1. The molecule has 1 aromatic carbocycles. The van der Waals surface area contributed by atoms with Crippen molar-refractivity contribution in [1.82, 2.24) is 0 Å². The van der Waals surface area contributed by atoms with Gasteiger partial charge in [0, 0.05) is 0 Å². The molecule has 0 saturated carbocycles. The third-order valence-electron chi connectivity index (χ3n) is 2.19. The Morgan fingerprint density at radius 3 is 2.00 bits per heavy atom. The lowest BCUT2D eigenvalue weighted by molar-refractivity contribution is -0.144. The van der Waals surface area contributed by atoms with Crippen LogP contribution in [0.5, 0.6) is 0 Å². The zero-order valence-corrected chi connectivity index (χ0v) is 9.37. The van der Waals surface area contributed by atoms with Gasteiger partial charge in [-0.1, -0.05) is 6.07 Å². The van der Waals surface area contributed by atoms with Crippen molar-refractivity contribution in [3.05, 3.63) is 34.9 Å². The van der Waals surface area contributed by atoms with E-state index in [0.717, 1.165) is 0 Å². The van der Waals surface area contributed by atoms with Crippen molar-refractivity contribution in [2.24, 2.45) is 0 Å². The Morgan fingerprint density at radius 1 is 1.06 bits per heavy atom. The van der Waals surface area contributed by atoms with E-state index >= 15 is 0 Å². The summed E-state index contributed by atoms with van der Waals surface area (Å²) in [5.74, 6) is -0.547. The molecule has 102 valence electrons. The Morgan fingerprint density at radius 2 is 1.61 bits per heavy atom. The van der Waals surface area contributed by atoms with Crippen molar-refractivity contribution in [1.29, 1.82) is 0 Å². The summed E-state index contributed by atoms with van der Waals surface area (Å²) in [4.78, 5) is 0. The summed E-state index contributed by atoms with van der Waals surface area (Å²) in [6, 6.07) is 1.02. The average Bonchev–Trinajstić information content (AvgIpc) is 2.24. The van der Waals surface area contributed by atoms with Gasteiger partial charge < -0.3 is 5.11 Å². The number of rotatable bonds is 2. The molecule has 0 aliphatic heterocycles. The summed E-state index contributed by atoms with van der Waals surface area (Å²) in [6.07, 6.45) is -11.6. The lowest BCUT2D eigenvalue weighted by Gasteiger charge is -2.18. The molecular formula is C10H7ClF6O. The first-order valence-corrected chi connectivity index (χ1v) is 5.13. The van der Waals surface area contributed by atoms with Gasteiger partial charge in [0.1, 0.15) is 0 Å². The van der Waals surface area contributed by atoms with E-state index in [9.17, 15) is 31.4 Å². The van der Waals surface area contributed by atoms with Gasteiger partial charge in [0.15, 0.2) is 0 Å². The number of hydrogen-bond donors (Lipinski definition) is 1. The van der Waals surface area contributed by atoms with Crippen LogP contribution in [0, 0.1) is 0 Å². The van der Waals surface area contributed by atoms with E-state index in [1.807, 2.05) is 0 Å². The molecule has 0 saturated heterocycles. The molecule has 0 bridgehead atoms. The van der Waals surface area contributed by atoms with Gasteiger partial charge in [-0.3, -0.25) is 0 Å². The van der Waals surface area contributed by atoms with Gasteiger partial charge in [-0.05, 0) is 17.7 Å². The number of halogens is 7. The third kappa shape index (κ3) is 3.29. The largest absolute Gasteiger partial charge is 0.416 e. The van der Waals surface area contributed by atoms with E-state index < -0.39 is 41.0 Å². The van der Waals surface area contributed by atoms with Crippen LogP contribution < -0.4 is 0 Å². The van der Waals surface area contributed by atoms with Gasteiger partial charge in [0.05, 0.1) is 23.1 Å². The molecule has 8 heteroatoms. The van der Waals surface area contributed by atoms with Crippen LogP contribution in [0.1, 0.15) is 22.8 Å². The van der Waals surface area contributed by atoms with Crippen LogP contribution in [-0.2, 0) is 12.4 Å². The van der Waals surface area contributed by atoms with Gasteiger partial charge in [0.25, 0.3) is 0 Å². The predicted octanol–water partition coefficient (Wildman–Crippen LogP) is 4.00. The summed E-state index contributed by atoms with van der Waals surface area (Å²) in [5.41, 5.74) is -3.64. The maximum atomic E-state index is 12.6. The molecule has 0 heterocycles. The lowest BCUT2D eigenvalue weighted by atomic mass is 9.99. The first-order chi connectivity index (χ1) is 8.07. The quantitative estimate of drug-likeness (QED) is 0.645. The summed E-state index contributed by atoms with van der Waals surface area (Å²) >= 11 is 5.20. The third-order valence-corrected chi connectivity index (χ3v) is 2.48. The van der Waals surface area contributed by atoms with E-state index in [4.69, 9.17) is 11.6 Å². The molecule has 1 atom stereocenters. The van der Waals surface area contributed by atoms with Gasteiger partial charge in [-0.15, -0.1) is 11.6 Å². The van der Waals surface area contributed by atoms with Crippen LogP contribution in [0.4, 0.5) is 26.3 Å². The second-order valence-corrected chi connectivity index (χ2v) is 3.78. The van der Waals surface area contributed by atoms with Crippen molar-refractivity contribution in [2.45, 2.75) is 18.5 Å². The summed E-state index contributed by atoms with van der Waals surface area (Å²) < 4.78 is 74.7. The molecule has 0 aliphatic carbocycles. The number of aliphatic hydroxyl groups excluding tert-OH is 1. The highest BCUT2D eigenvalue weighted by molar-refractivity contribution is 6.18. The lowest BCUT2D eigenvalue weighted by Crippen LogP contribution is -2.15. The van der Waals surface area contributed by atoms with E-state index in [2.05, 4.69) is 0 Å². The second-order valence-electron chi connectivity index (χ2n) is 3.47. The Balaban J connectivity index is 3.40. The predicted molar refractivity (Wildman–Crippen MR) is 52.1 cm³/mol. The highest BCUT2D eigenvalue weighted by atomic mass is 35.5. The van der Waals surface area contributed by atoms with Gasteiger partial charge in [-0.25, -0.2) is 0 Å². The van der Waals surface area contributed by atoms with E-state index in [1.165, 1.54) is 0 Å². The maximum Gasteiger partial charge on any atom is 0.416 e. The first-order valence-electron chi connectivity index (χ1n) is 4.59. The van der Waals surface area contributed by atoms with Crippen LogP contribution in [-0.4, -0.2) is 11.0 Å². The molecule has 0 amide bonds. The van der Waals surface area contributed by atoms with E-state index in [1.54, 1.807) is 0 Å². The first kappa shape index (κ1) is 15.1. The van der Waals surface area contributed by atoms with Crippen LogP contribution in [0.2, 0.25) is 0 Å². The Kier molecular flexibility index (Phi) is 4.17. The van der Waals surface area contributed by atoms with Gasteiger partial charge in [-0.2, -0.15) is 26.3 Å². The topological polar surface area (TPSA) is 20.2 Å². The summed E-state index contributed by atoms with van der Waals surface area (Å²) in [6.45, 7) is 0. The highest BCUT2D eigenvalue weighted by Crippen LogP contribution is 2.39. The number of benzene rings is 1. The van der Waals surface area contributed by atoms with Crippen molar-refractivity contribution in [2.75, 3.05) is 5.88 Å². The number of alkyl halides is 7. The SMILES string of the molecule is O[C@H](CCl)c1ccc(C(F)(F)F)cc1C(F)(F)F. The molecule has 0 unspecified atom stereocenters. The van der Waals surface area contributed by atoms with Gasteiger partial charge in [0.2, 0.25) is 0 Å². The smallest absolute Gasteiger partial charge is 0.387 e. The normalized spacial score (nSPS) is 14.7. The Labute approximate surface area is 103 Å². The highest BCUT2D eigenvalue weighted by Gasteiger charge is 2.39. The fourth-order valence-electron chi connectivity index (χ4n) is 1.35. The average molecular weight is 293 g/mol. The molecule has 0 aliphatic rings.